The zero-order chi connectivity index (χ0) is 20.9. The number of nitrogens with zero attached hydrogens (tertiary/aromatic N) is 2. The van der Waals surface area contributed by atoms with Crippen molar-refractivity contribution in [2.75, 3.05) is 44.7 Å². The Hall–Kier alpha value is -3.00. The molecule has 1 amide bonds. The van der Waals surface area contributed by atoms with Crippen molar-refractivity contribution < 1.29 is 19.0 Å². The van der Waals surface area contributed by atoms with Crippen LogP contribution in [0.15, 0.2) is 48.5 Å². The molecule has 0 spiro atoms. The van der Waals surface area contributed by atoms with E-state index in [0.29, 0.717) is 49.4 Å². The van der Waals surface area contributed by atoms with E-state index in [1.165, 1.54) is 0 Å². The summed E-state index contributed by atoms with van der Waals surface area (Å²) in [6.07, 6.45) is -0.616. The van der Waals surface area contributed by atoms with Crippen LogP contribution in [0, 0.1) is 0 Å². The first-order chi connectivity index (χ1) is 14.7. The Bertz CT molecular complexity index is 915. The summed E-state index contributed by atoms with van der Waals surface area (Å²) in [7, 11) is 0. The van der Waals surface area contributed by atoms with Crippen LogP contribution in [-0.2, 0) is 4.79 Å². The fraction of sp³-hybridized carbons (Fsp3) is 0.364. The van der Waals surface area contributed by atoms with Gasteiger partial charge in [-0.15, -0.1) is 0 Å². The Morgan fingerprint density at radius 2 is 1.73 bits per heavy atom. The van der Waals surface area contributed by atoms with Gasteiger partial charge in [-0.2, -0.15) is 0 Å². The molecule has 0 aliphatic carbocycles. The minimum Gasteiger partial charge on any atom is -0.492 e. The number of carbonyl (C=O) groups excluding carboxylic acids is 1. The van der Waals surface area contributed by atoms with Crippen molar-refractivity contribution in [3.63, 3.8) is 0 Å². The van der Waals surface area contributed by atoms with Crippen molar-refractivity contribution in [1.82, 2.24) is 9.80 Å². The quantitative estimate of drug-likeness (QED) is 0.753. The molecule has 0 aromatic heterocycles. The van der Waals surface area contributed by atoms with E-state index < -0.39 is 6.10 Å². The smallest absolute Gasteiger partial charge is 0.267 e. The average Bonchev–Trinajstić information content (AvgIpc) is 2.80. The third-order valence-corrected chi connectivity index (χ3v) is 5.45. The van der Waals surface area contributed by atoms with Crippen LogP contribution in [0.4, 0.5) is 5.69 Å². The third-order valence-electron chi connectivity index (χ3n) is 5.09. The molecule has 0 bridgehead atoms. The lowest BCUT2D eigenvalue weighted by Gasteiger charge is -2.38. The van der Waals surface area contributed by atoms with Crippen molar-refractivity contribution in [2.24, 2.45) is 0 Å². The zero-order valence-corrected chi connectivity index (χ0v) is 17.7. The predicted molar refractivity (Wildman–Crippen MR) is 118 cm³/mol. The SMILES string of the molecule is CCOc1ccccc1NC(=S)N1CCN(C(=O)C2COc3ccccc3O2)CC1. The van der Waals surface area contributed by atoms with E-state index in [4.69, 9.17) is 26.4 Å². The molecule has 1 N–H and O–H groups in total. The Labute approximate surface area is 181 Å². The summed E-state index contributed by atoms with van der Waals surface area (Å²) in [5.74, 6) is 2.00. The monoisotopic (exact) mass is 427 g/mol. The molecule has 0 radical (unpaired) electrons. The van der Waals surface area contributed by atoms with E-state index in [-0.39, 0.29) is 12.5 Å². The molecule has 1 saturated heterocycles. The van der Waals surface area contributed by atoms with Crippen molar-refractivity contribution in [3.05, 3.63) is 48.5 Å². The van der Waals surface area contributed by atoms with Gasteiger partial charge in [0.05, 0.1) is 12.3 Å². The number of thiocarbonyl (C=S) groups is 1. The first kappa shape index (κ1) is 20.3. The van der Waals surface area contributed by atoms with Crippen LogP contribution in [0.3, 0.4) is 0 Å². The lowest BCUT2D eigenvalue weighted by molar-refractivity contribution is -0.142. The van der Waals surface area contributed by atoms with Crippen LogP contribution in [0.2, 0.25) is 0 Å². The number of nitrogens with one attached hydrogen (secondary N) is 1. The first-order valence-corrected chi connectivity index (χ1v) is 10.5. The summed E-state index contributed by atoms with van der Waals surface area (Å²) >= 11 is 5.58. The topological polar surface area (TPSA) is 63.3 Å². The highest BCUT2D eigenvalue weighted by Crippen LogP contribution is 2.31. The van der Waals surface area contributed by atoms with Crippen LogP contribution in [-0.4, -0.2) is 66.3 Å². The molecule has 2 aromatic carbocycles. The third kappa shape index (κ3) is 4.43. The number of para-hydroxylation sites is 4. The highest BCUT2D eigenvalue weighted by atomic mass is 32.1. The summed E-state index contributed by atoms with van der Waals surface area (Å²) in [5, 5.41) is 3.89. The van der Waals surface area contributed by atoms with Gasteiger partial charge < -0.3 is 29.3 Å². The van der Waals surface area contributed by atoms with Gasteiger partial charge in [0.2, 0.25) is 6.10 Å². The number of fused-ring (bicyclic) bond motifs is 1. The summed E-state index contributed by atoms with van der Waals surface area (Å²) in [5.41, 5.74) is 0.842. The van der Waals surface area contributed by atoms with Crippen LogP contribution < -0.4 is 19.5 Å². The fourth-order valence-corrected chi connectivity index (χ4v) is 3.81. The minimum atomic E-state index is -0.616. The van der Waals surface area contributed by atoms with Crippen molar-refractivity contribution in [3.8, 4) is 17.2 Å². The van der Waals surface area contributed by atoms with Gasteiger partial charge in [0, 0.05) is 26.2 Å². The second-order valence-corrected chi connectivity index (χ2v) is 7.42. The molecule has 8 heteroatoms. The van der Waals surface area contributed by atoms with Crippen LogP contribution in [0.1, 0.15) is 6.92 Å². The highest BCUT2D eigenvalue weighted by molar-refractivity contribution is 7.80. The highest BCUT2D eigenvalue weighted by Gasteiger charge is 2.33. The largest absolute Gasteiger partial charge is 0.492 e. The number of amides is 1. The van der Waals surface area contributed by atoms with Gasteiger partial charge in [-0.25, -0.2) is 0 Å². The molecular weight excluding hydrogens is 402 g/mol. The predicted octanol–water partition coefficient (Wildman–Crippen LogP) is 2.77. The molecule has 2 heterocycles. The minimum absolute atomic E-state index is 0.0512. The molecule has 1 unspecified atom stereocenters. The molecular formula is C22H25N3O4S. The molecule has 2 aliphatic heterocycles. The van der Waals surface area contributed by atoms with E-state index in [1.807, 2.05) is 60.4 Å². The van der Waals surface area contributed by atoms with Crippen molar-refractivity contribution >= 4 is 28.9 Å². The second-order valence-electron chi connectivity index (χ2n) is 7.04. The Morgan fingerprint density at radius 3 is 2.50 bits per heavy atom. The van der Waals surface area contributed by atoms with Crippen LogP contribution in [0.5, 0.6) is 17.2 Å². The Kier molecular flexibility index (Phi) is 6.23. The molecule has 0 saturated carbocycles. The average molecular weight is 428 g/mol. The van der Waals surface area contributed by atoms with E-state index in [0.717, 1.165) is 11.4 Å². The van der Waals surface area contributed by atoms with Crippen molar-refractivity contribution in [2.45, 2.75) is 13.0 Å². The molecule has 1 fully saturated rings. The number of anilines is 1. The van der Waals surface area contributed by atoms with E-state index >= 15 is 0 Å². The summed E-state index contributed by atoms with van der Waals surface area (Å²) < 4.78 is 17.2. The molecule has 4 rings (SSSR count). The summed E-state index contributed by atoms with van der Waals surface area (Å²) in [6, 6.07) is 15.1. The second kappa shape index (κ2) is 9.21. The maximum absolute atomic E-state index is 12.9. The Balaban J connectivity index is 1.31. The standard InChI is InChI=1S/C22H25N3O4S/c1-2-27-17-8-4-3-7-16(17)23-22(30)25-13-11-24(12-14-25)21(26)20-15-28-18-9-5-6-10-19(18)29-20/h3-10,20H,2,11-15H2,1H3,(H,23,30). The molecule has 30 heavy (non-hydrogen) atoms. The van der Waals surface area contributed by atoms with Gasteiger partial charge >= 0.3 is 0 Å². The summed E-state index contributed by atoms with van der Waals surface area (Å²) in [4.78, 5) is 16.8. The van der Waals surface area contributed by atoms with Gasteiger partial charge in [0.25, 0.3) is 5.91 Å². The van der Waals surface area contributed by atoms with Gasteiger partial charge in [-0.3, -0.25) is 4.79 Å². The molecule has 158 valence electrons. The molecule has 2 aromatic rings. The molecule has 7 nitrogen and oxygen atoms in total. The number of ether oxygens (including phenoxy) is 3. The normalized spacial score (nSPS) is 18.0. The van der Waals surface area contributed by atoms with Crippen LogP contribution in [0.25, 0.3) is 0 Å². The Morgan fingerprint density at radius 1 is 1.07 bits per heavy atom. The summed E-state index contributed by atoms with van der Waals surface area (Å²) in [6.45, 7) is 5.22. The van der Waals surface area contributed by atoms with Crippen molar-refractivity contribution in [1.29, 1.82) is 0 Å². The number of carbonyl (C=O) groups is 1. The number of piperazine rings is 1. The number of hydrogen-bond donors (Lipinski definition) is 1. The first-order valence-electron chi connectivity index (χ1n) is 10.1. The van der Waals surface area contributed by atoms with E-state index in [1.54, 1.807) is 0 Å². The van der Waals surface area contributed by atoms with Crippen LogP contribution >= 0.6 is 12.2 Å². The van der Waals surface area contributed by atoms with Gasteiger partial charge in [0.15, 0.2) is 16.6 Å². The lowest BCUT2D eigenvalue weighted by Crippen LogP contribution is -2.55. The number of hydrogen-bond acceptors (Lipinski definition) is 5. The van der Waals surface area contributed by atoms with E-state index in [2.05, 4.69) is 10.2 Å². The van der Waals surface area contributed by atoms with Gasteiger partial charge in [-0.05, 0) is 43.4 Å². The number of rotatable bonds is 4. The zero-order valence-electron chi connectivity index (χ0n) is 16.9. The maximum atomic E-state index is 12.9. The fourth-order valence-electron chi connectivity index (χ4n) is 3.52. The van der Waals surface area contributed by atoms with E-state index in [9.17, 15) is 4.79 Å². The molecule has 1 atom stereocenters. The molecule has 2 aliphatic rings. The maximum Gasteiger partial charge on any atom is 0.267 e. The number of benzene rings is 2. The lowest BCUT2D eigenvalue weighted by atomic mass is 10.2. The van der Waals surface area contributed by atoms with Gasteiger partial charge in [-0.1, -0.05) is 24.3 Å². The van der Waals surface area contributed by atoms with Gasteiger partial charge in [0.1, 0.15) is 12.4 Å².